The fraction of sp³-hybridized carbons (Fsp3) is 0.179. The van der Waals surface area contributed by atoms with Crippen LogP contribution in [0.2, 0.25) is 0 Å². The highest BCUT2D eigenvalue weighted by Crippen LogP contribution is 2.33. The van der Waals surface area contributed by atoms with E-state index in [0.717, 1.165) is 70.1 Å². The Bertz CT molecular complexity index is 2020. The number of hydrogen-bond acceptors (Lipinski definition) is 5. The molecule has 47 heavy (non-hydrogen) atoms. The van der Waals surface area contributed by atoms with Gasteiger partial charge in [0.25, 0.3) is 0 Å². The summed E-state index contributed by atoms with van der Waals surface area (Å²) in [5, 5.41) is 7.71. The molecular weight excluding hydrogens is 589 g/mol. The van der Waals surface area contributed by atoms with Crippen LogP contribution in [-0.4, -0.2) is 51.3 Å². The van der Waals surface area contributed by atoms with Gasteiger partial charge in [0.15, 0.2) is 0 Å². The molecule has 1 aliphatic rings. The first-order valence-corrected chi connectivity index (χ1v) is 15.9. The van der Waals surface area contributed by atoms with Crippen molar-refractivity contribution >= 4 is 16.6 Å². The van der Waals surface area contributed by atoms with Crippen molar-refractivity contribution in [1.82, 2.24) is 25.1 Å². The maximum Gasteiger partial charge on any atom is 0.135 e. The lowest BCUT2D eigenvalue weighted by Crippen LogP contribution is -2.25. The molecule has 0 unspecified atom stereocenters. The summed E-state index contributed by atoms with van der Waals surface area (Å²) >= 11 is 0. The van der Waals surface area contributed by atoms with Crippen molar-refractivity contribution in [3.05, 3.63) is 138 Å². The first-order chi connectivity index (χ1) is 23.1. The Kier molecular flexibility index (Phi) is 8.92. The van der Waals surface area contributed by atoms with E-state index in [1.54, 1.807) is 6.08 Å². The van der Waals surface area contributed by atoms with E-state index in [1.165, 1.54) is 25.0 Å². The minimum absolute atomic E-state index is 0.353. The summed E-state index contributed by atoms with van der Waals surface area (Å²) in [6.07, 6.45) is 7.92. The summed E-state index contributed by atoms with van der Waals surface area (Å²) in [4.78, 5) is 10.7. The zero-order valence-corrected chi connectivity index (χ0v) is 26.1. The molecule has 1 aliphatic heterocycles. The lowest BCUT2D eigenvalue weighted by molar-refractivity contribution is 0.237. The Labute approximate surface area is 273 Å². The summed E-state index contributed by atoms with van der Waals surface area (Å²) in [6, 6.07) is 28.8. The second kappa shape index (κ2) is 13.9. The SMILES string of the molecule is C=C/C=C(/c1cc(F)cc(OCCN2CCCC2)c1)c1c[nH]c(-c2n[nH]c3ccc(-c4cccc(OCc5ccccc5)c4)nc23)c1. The third kappa shape index (κ3) is 7.03. The molecule has 1 saturated heterocycles. The molecule has 0 bridgehead atoms. The van der Waals surface area contributed by atoms with Crippen LogP contribution in [0.5, 0.6) is 11.5 Å². The van der Waals surface area contributed by atoms with Gasteiger partial charge in [0.2, 0.25) is 0 Å². The predicted molar refractivity (Wildman–Crippen MR) is 185 cm³/mol. The number of aromatic nitrogens is 4. The van der Waals surface area contributed by atoms with E-state index in [4.69, 9.17) is 14.5 Å². The number of hydrogen-bond donors (Lipinski definition) is 2. The molecule has 7 rings (SSSR count). The molecule has 3 aromatic carbocycles. The highest BCUT2D eigenvalue weighted by molar-refractivity contribution is 5.91. The van der Waals surface area contributed by atoms with E-state index < -0.39 is 0 Å². The van der Waals surface area contributed by atoms with Gasteiger partial charge in [-0.1, -0.05) is 61.2 Å². The molecule has 0 spiro atoms. The average molecular weight is 626 g/mol. The molecule has 236 valence electrons. The van der Waals surface area contributed by atoms with Crippen molar-refractivity contribution in [2.75, 3.05) is 26.2 Å². The third-order valence-corrected chi connectivity index (χ3v) is 8.38. The average Bonchev–Trinajstić information content (AvgIpc) is 3.88. The Hall–Kier alpha value is -5.47. The van der Waals surface area contributed by atoms with Crippen molar-refractivity contribution in [1.29, 1.82) is 0 Å². The van der Waals surface area contributed by atoms with Crippen LogP contribution in [-0.2, 0) is 6.61 Å². The fourth-order valence-corrected chi connectivity index (χ4v) is 6.00. The van der Waals surface area contributed by atoms with E-state index in [2.05, 4.69) is 26.7 Å². The molecule has 0 atom stereocenters. The van der Waals surface area contributed by atoms with Crippen LogP contribution >= 0.6 is 0 Å². The van der Waals surface area contributed by atoms with Crippen molar-refractivity contribution in [3.8, 4) is 34.1 Å². The van der Waals surface area contributed by atoms with Gasteiger partial charge in [-0.2, -0.15) is 5.10 Å². The van der Waals surface area contributed by atoms with Crippen LogP contribution in [0, 0.1) is 5.82 Å². The molecule has 6 aromatic rings. The van der Waals surface area contributed by atoms with E-state index in [9.17, 15) is 4.39 Å². The summed E-state index contributed by atoms with van der Waals surface area (Å²) < 4.78 is 26.9. The van der Waals surface area contributed by atoms with Crippen LogP contribution in [0.3, 0.4) is 0 Å². The lowest BCUT2D eigenvalue weighted by Gasteiger charge is -2.15. The monoisotopic (exact) mass is 625 g/mol. The van der Waals surface area contributed by atoms with Gasteiger partial charge in [0.05, 0.1) is 16.9 Å². The van der Waals surface area contributed by atoms with E-state index in [1.807, 2.05) is 91.1 Å². The number of nitrogens with one attached hydrogen (secondary N) is 2. The van der Waals surface area contributed by atoms with E-state index in [0.29, 0.717) is 30.2 Å². The van der Waals surface area contributed by atoms with Crippen molar-refractivity contribution < 1.29 is 13.9 Å². The van der Waals surface area contributed by atoms with E-state index in [-0.39, 0.29) is 5.82 Å². The fourth-order valence-electron chi connectivity index (χ4n) is 6.00. The minimum atomic E-state index is -0.353. The van der Waals surface area contributed by atoms with Crippen molar-refractivity contribution in [2.24, 2.45) is 0 Å². The molecule has 0 saturated carbocycles. The summed E-state index contributed by atoms with van der Waals surface area (Å²) in [6.45, 7) is 7.94. The third-order valence-electron chi connectivity index (χ3n) is 8.38. The smallest absolute Gasteiger partial charge is 0.135 e. The number of likely N-dealkylation sites (tertiary alicyclic amines) is 1. The molecule has 3 aromatic heterocycles. The quantitative estimate of drug-likeness (QED) is 0.134. The Morgan fingerprint density at radius 3 is 2.62 bits per heavy atom. The number of allylic oxidation sites excluding steroid dienone is 2. The maximum absolute atomic E-state index is 14.8. The highest BCUT2D eigenvalue weighted by Gasteiger charge is 2.17. The minimum Gasteiger partial charge on any atom is -0.492 e. The summed E-state index contributed by atoms with van der Waals surface area (Å²) in [5.41, 5.74) is 8.26. The molecule has 2 N–H and O–H groups in total. The molecule has 8 heteroatoms. The second-order valence-corrected chi connectivity index (χ2v) is 11.7. The van der Waals surface area contributed by atoms with Crippen LogP contribution in [0.15, 0.2) is 116 Å². The second-order valence-electron chi connectivity index (χ2n) is 11.7. The van der Waals surface area contributed by atoms with Gasteiger partial charge in [-0.3, -0.25) is 10.00 Å². The molecule has 0 radical (unpaired) electrons. The molecule has 1 fully saturated rings. The molecule has 4 heterocycles. The van der Waals surface area contributed by atoms with Gasteiger partial charge in [0.1, 0.15) is 41.7 Å². The largest absolute Gasteiger partial charge is 0.492 e. The lowest BCUT2D eigenvalue weighted by atomic mass is 9.99. The van der Waals surface area contributed by atoms with Crippen molar-refractivity contribution in [3.63, 3.8) is 0 Å². The zero-order valence-electron chi connectivity index (χ0n) is 26.1. The van der Waals surface area contributed by atoms with Gasteiger partial charge < -0.3 is 14.5 Å². The number of benzene rings is 3. The number of nitrogens with zero attached hydrogens (tertiary/aromatic N) is 3. The predicted octanol–water partition coefficient (Wildman–Crippen LogP) is 8.43. The zero-order chi connectivity index (χ0) is 32.0. The molecule has 0 amide bonds. The number of halogens is 1. The van der Waals surface area contributed by atoms with Crippen LogP contribution in [0.1, 0.15) is 29.5 Å². The topological polar surface area (TPSA) is 79.1 Å². The molecule has 7 nitrogen and oxygen atoms in total. The van der Waals surface area contributed by atoms with Crippen LogP contribution < -0.4 is 9.47 Å². The van der Waals surface area contributed by atoms with E-state index >= 15 is 0 Å². The van der Waals surface area contributed by atoms with Gasteiger partial charge in [0, 0.05) is 29.9 Å². The number of ether oxygens (including phenoxy) is 2. The van der Waals surface area contributed by atoms with Crippen LogP contribution in [0.25, 0.3) is 39.3 Å². The molecular formula is C39H36FN5O2. The first kappa shape index (κ1) is 30.2. The number of pyridine rings is 1. The summed E-state index contributed by atoms with van der Waals surface area (Å²) in [5.74, 6) is 0.928. The first-order valence-electron chi connectivity index (χ1n) is 15.9. The van der Waals surface area contributed by atoms with Gasteiger partial charge in [-0.15, -0.1) is 0 Å². The normalized spacial score (nSPS) is 13.7. The summed E-state index contributed by atoms with van der Waals surface area (Å²) in [7, 11) is 0. The number of rotatable bonds is 12. The van der Waals surface area contributed by atoms with Crippen LogP contribution in [0.4, 0.5) is 4.39 Å². The number of aromatic amines is 2. The highest BCUT2D eigenvalue weighted by atomic mass is 19.1. The Balaban J connectivity index is 1.12. The van der Waals surface area contributed by atoms with Gasteiger partial charge in [-0.25, -0.2) is 9.37 Å². The van der Waals surface area contributed by atoms with Crippen molar-refractivity contribution in [2.45, 2.75) is 19.4 Å². The number of H-pyrrole nitrogens is 2. The Morgan fingerprint density at radius 1 is 0.894 bits per heavy atom. The Morgan fingerprint density at radius 2 is 1.77 bits per heavy atom. The van der Waals surface area contributed by atoms with Gasteiger partial charge >= 0.3 is 0 Å². The van der Waals surface area contributed by atoms with Gasteiger partial charge in [-0.05, 0) is 85.1 Å². The standard InChI is InChI=1S/C39H36FN5O2/c1-2-9-34(29-20-31(40)24-33(22-29)46-19-18-45-16-6-7-17-45)30-23-37(41-25-30)39-38-36(43-44-39)15-14-35(42-38)28-12-8-13-32(21-28)47-26-27-10-4-3-5-11-27/h2-5,8-15,20-25,41H,1,6-7,16-19,26H2,(H,43,44)/b34-9-. The molecule has 0 aliphatic carbocycles. The number of fused-ring (bicyclic) bond motifs is 1. The maximum atomic E-state index is 14.8.